The summed E-state index contributed by atoms with van der Waals surface area (Å²) < 4.78 is 5.06. The van der Waals surface area contributed by atoms with E-state index in [1.807, 2.05) is 12.1 Å². The highest BCUT2D eigenvalue weighted by atomic mass is 16.6. The summed E-state index contributed by atoms with van der Waals surface area (Å²) in [5.74, 6) is -1.18. The molecule has 0 aliphatic carbocycles. The molecule has 0 spiro atoms. The van der Waals surface area contributed by atoms with E-state index < -0.39 is 11.9 Å². The fraction of sp³-hybridized carbons (Fsp3) is 0.190. The quantitative estimate of drug-likeness (QED) is 0.0875. The number of carbonyl (C=O) groups is 2. The molecule has 7 aromatic rings. The first-order valence-electron chi connectivity index (χ1n) is 15.9. The van der Waals surface area contributed by atoms with E-state index in [4.69, 9.17) is 4.74 Å². The van der Waals surface area contributed by atoms with Crippen LogP contribution in [0.1, 0.15) is 73.4 Å². The van der Waals surface area contributed by atoms with Gasteiger partial charge in [-0.2, -0.15) is 0 Å². The Morgan fingerprint density at radius 2 is 0.891 bits per heavy atom. The maximum Gasteiger partial charge on any atom is 0.346 e. The monoisotopic (exact) mass is 601 g/mol. The molecule has 46 heavy (non-hydrogen) atoms. The summed E-state index contributed by atoms with van der Waals surface area (Å²) in [4.78, 5) is 27.8. The standard InChI is InChI=1S/C42H35NO3/c1-41(2,3)24-10-14-26(15-11-24)43(27-16-12-25(13-17-27)42(4,5)6)35-23-22-29-31-19-21-34-38-33(39(44)46-40(34)45)20-18-30(37(31)38)28-8-7-9-32(35)36(28)29/h7-23H,1-6H3. The molecule has 0 atom stereocenters. The highest BCUT2D eigenvalue weighted by molar-refractivity contribution is 6.38. The number of nitrogens with zero attached hydrogens (tertiary/aromatic N) is 1. The number of ether oxygens (including phenoxy) is 1. The third-order valence-corrected chi connectivity index (χ3v) is 9.61. The summed E-state index contributed by atoms with van der Waals surface area (Å²) in [6.45, 7) is 13.4. The van der Waals surface area contributed by atoms with E-state index in [2.05, 4.69) is 125 Å². The molecule has 0 saturated carbocycles. The number of rotatable bonds is 3. The summed E-state index contributed by atoms with van der Waals surface area (Å²) in [5.41, 5.74) is 6.80. The van der Waals surface area contributed by atoms with Gasteiger partial charge in [-0.3, -0.25) is 0 Å². The minimum atomic E-state index is -0.592. The second kappa shape index (κ2) is 9.64. The molecular weight excluding hydrogens is 566 g/mol. The Kier molecular flexibility index (Phi) is 5.92. The fourth-order valence-corrected chi connectivity index (χ4v) is 7.16. The van der Waals surface area contributed by atoms with Crippen molar-refractivity contribution < 1.29 is 14.3 Å². The molecule has 0 fully saturated rings. The second-order valence-electron chi connectivity index (χ2n) is 14.5. The minimum Gasteiger partial charge on any atom is -0.386 e. The molecule has 0 radical (unpaired) electrons. The first-order chi connectivity index (χ1) is 21.9. The summed E-state index contributed by atoms with van der Waals surface area (Å²) in [6, 6.07) is 36.3. The lowest BCUT2D eigenvalue weighted by molar-refractivity contribution is 0.0391. The van der Waals surface area contributed by atoms with Gasteiger partial charge in [0.25, 0.3) is 0 Å². The van der Waals surface area contributed by atoms with Crippen LogP contribution in [-0.2, 0) is 15.6 Å². The lowest BCUT2D eigenvalue weighted by Gasteiger charge is -2.29. The Morgan fingerprint density at radius 3 is 1.39 bits per heavy atom. The van der Waals surface area contributed by atoms with Crippen LogP contribution in [0.4, 0.5) is 17.1 Å². The van der Waals surface area contributed by atoms with Crippen molar-refractivity contribution in [3.63, 3.8) is 0 Å². The van der Waals surface area contributed by atoms with Crippen LogP contribution in [0.2, 0.25) is 0 Å². The van der Waals surface area contributed by atoms with Gasteiger partial charge in [-0.15, -0.1) is 0 Å². The van der Waals surface area contributed by atoms with Gasteiger partial charge in [0.05, 0.1) is 16.8 Å². The van der Waals surface area contributed by atoms with Crippen molar-refractivity contribution in [2.75, 3.05) is 4.90 Å². The molecule has 0 saturated heterocycles. The Bertz CT molecular complexity index is 2240. The van der Waals surface area contributed by atoms with E-state index in [0.717, 1.165) is 54.8 Å². The van der Waals surface area contributed by atoms with Crippen LogP contribution in [0.25, 0.3) is 43.1 Å². The van der Waals surface area contributed by atoms with Crippen LogP contribution < -0.4 is 4.90 Å². The molecule has 4 nitrogen and oxygen atoms in total. The molecule has 1 aliphatic heterocycles. The van der Waals surface area contributed by atoms with E-state index in [-0.39, 0.29) is 10.8 Å². The van der Waals surface area contributed by atoms with Crippen molar-refractivity contribution >= 4 is 72.1 Å². The van der Waals surface area contributed by atoms with Crippen LogP contribution >= 0.6 is 0 Å². The van der Waals surface area contributed by atoms with E-state index in [9.17, 15) is 9.59 Å². The molecule has 1 aliphatic rings. The third-order valence-electron chi connectivity index (χ3n) is 9.61. The number of carbonyl (C=O) groups excluding carboxylic acids is 2. The summed E-state index contributed by atoms with van der Waals surface area (Å²) in [5, 5.41) is 8.11. The average molecular weight is 602 g/mol. The fourth-order valence-electron chi connectivity index (χ4n) is 7.16. The van der Waals surface area contributed by atoms with Crippen molar-refractivity contribution in [2.24, 2.45) is 0 Å². The number of anilines is 3. The van der Waals surface area contributed by atoms with Crippen LogP contribution in [0, 0.1) is 0 Å². The van der Waals surface area contributed by atoms with Crippen molar-refractivity contribution in [2.45, 2.75) is 52.4 Å². The van der Waals surface area contributed by atoms with Gasteiger partial charge in [0.1, 0.15) is 0 Å². The van der Waals surface area contributed by atoms with Gasteiger partial charge in [0.15, 0.2) is 0 Å². The molecular formula is C42H35NO3. The number of hydrogen-bond donors (Lipinski definition) is 0. The Labute approximate surface area is 268 Å². The average Bonchev–Trinajstić information content (AvgIpc) is 3.03. The van der Waals surface area contributed by atoms with Gasteiger partial charge in [-0.05, 0) is 96.7 Å². The Balaban J connectivity index is 1.42. The van der Waals surface area contributed by atoms with Crippen LogP contribution in [-0.4, -0.2) is 11.9 Å². The van der Waals surface area contributed by atoms with Gasteiger partial charge < -0.3 is 9.64 Å². The zero-order valence-electron chi connectivity index (χ0n) is 27.0. The maximum atomic E-state index is 12.7. The third kappa shape index (κ3) is 4.13. The zero-order chi connectivity index (χ0) is 32.1. The van der Waals surface area contributed by atoms with Crippen LogP contribution in [0.3, 0.4) is 0 Å². The number of esters is 2. The molecule has 0 bridgehead atoms. The number of hydrogen-bond acceptors (Lipinski definition) is 4. The van der Waals surface area contributed by atoms with Crippen LogP contribution in [0.5, 0.6) is 0 Å². The normalized spacial score (nSPS) is 13.7. The number of benzene rings is 7. The highest BCUT2D eigenvalue weighted by Crippen LogP contribution is 2.47. The summed E-state index contributed by atoms with van der Waals surface area (Å²) in [6.07, 6.45) is 0. The molecule has 4 heteroatoms. The molecule has 1 heterocycles. The molecule has 0 unspecified atom stereocenters. The number of cyclic esters (lactones) is 2. The van der Waals surface area contributed by atoms with E-state index in [1.54, 1.807) is 12.1 Å². The predicted octanol–water partition coefficient (Wildman–Crippen LogP) is 11.1. The van der Waals surface area contributed by atoms with Gasteiger partial charge >= 0.3 is 11.9 Å². The van der Waals surface area contributed by atoms with Gasteiger partial charge in [-0.1, -0.05) is 102 Å². The summed E-state index contributed by atoms with van der Waals surface area (Å²) in [7, 11) is 0. The number of fused-ring (bicyclic) bond motifs is 2. The molecule has 7 aromatic carbocycles. The van der Waals surface area contributed by atoms with E-state index in [1.165, 1.54) is 11.1 Å². The molecule has 8 rings (SSSR count). The Morgan fingerprint density at radius 1 is 0.457 bits per heavy atom. The first kappa shape index (κ1) is 28.3. The van der Waals surface area contributed by atoms with Gasteiger partial charge in [0.2, 0.25) is 0 Å². The van der Waals surface area contributed by atoms with Crippen molar-refractivity contribution in [3.8, 4) is 0 Å². The zero-order valence-corrected chi connectivity index (χ0v) is 27.0. The van der Waals surface area contributed by atoms with Crippen molar-refractivity contribution in [1.82, 2.24) is 0 Å². The smallest absolute Gasteiger partial charge is 0.346 e. The predicted molar refractivity (Wildman–Crippen MR) is 189 cm³/mol. The highest BCUT2D eigenvalue weighted by Gasteiger charge is 2.30. The van der Waals surface area contributed by atoms with E-state index >= 15 is 0 Å². The topological polar surface area (TPSA) is 46.6 Å². The van der Waals surface area contributed by atoms with Gasteiger partial charge in [0, 0.05) is 22.1 Å². The lowest BCUT2D eigenvalue weighted by atomic mass is 9.85. The van der Waals surface area contributed by atoms with Crippen molar-refractivity contribution in [1.29, 1.82) is 0 Å². The van der Waals surface area contributed by atoms with Crippen molar-refractivity contribution in [3.05, 3.63) is 125 Å². The molecule has 0 amide bonds. The molecule has 0 aromatic heterocycles. The molecule has 226 valence electrons. The van der Waals surface area contributed by atoms with Crippen LogP contribution in [0.15, 0.2) is 103 Å². The van der Waals surface area contributed by atoms with E-state index in [0.29, 0.717) is 16.5 Å². The first-order valence-corrected chi connectivity index (χ1v) is 15.9. The maximum absolute atomic E-state index is 12.7. The van der Waals surface area contributed by atoms with Gasteiger partial charge in [-0.25, -0.2) is 9.59 Å². The summed E-state index contributed by atoms with van der Waals surface area (Å²) >= 11 is 0. The SMILES string of the molecule is CC(C)(C)c1ccc(N(c2ccc(C(C)(C)C)cc2)c2ccc3c4ccc5c6c(ccc(c7cccc2c73)c64)C(=O)OC5=O)cc1. The minimum absolute atomic E-state index is 0.0495. The lowest BCUT2D eigenvalue weighted by Crippen LogP contribution is -2.19. The Hall–Kier alpha value is -5.22. The molecule has 0 N–H and O–H groups in total. The second-order valence-corrected chi connectivity index (χ2v) is 14.5. The largest absolute Gasteiger partial charge is 0.386 e.